The monoisotopic (exact) mass is 550 g/mol. The van der Waals surface area contributed by atoms with Crippen LogP contribution in [0.25, 0.3) is 21.8 Å². The summed E-state index contributed by atoms with van der Waals surface area (Å²) in [5.74, 6) is 1.86. The van der Waals surface area contributed by atoms with Gasteiger partial charge in [0.2, 0.25) is 5.91 Å². The fourth-order valence-electron chi connectivity index (χ4n) is 8.65. The highest BCUT2D eigenvalue weighted by Crippen LogP contribution is 2.56. The molecule has 4 aromatic rings. The van der Waals surface area contributed by atoms with Gasteiger partial charge in [-0.05, 0) is 86.5 Å². The van der Waals surface area contributed by atoms with Crippen LogP contribution < -0.4 is 5.32 Å². The van der Waals surface area contributed by atoms with Gasteiger partial charge in [0.1, 0.15) is 5.54 Å². The van der Waals surface area contributed by atoms with Gasteiger partial charge in [0.15, 0.2) is 0 Å². The van der Waals surface area contributed by atoms with Crippen LogP contribution in [0.4, 0.5) is 4.79 Å². The number of rotatable bonds is 8. The summed E-state index contributed by atoms with van der Waals surface area (Å²) >= 11 is 0. The van der Waals surface area contributed by atoms with Crippen molar-refractivity contribution in [3.05, 3.63) is 78.1 Å². The maximum atomic E-state index is 14.3. The zero-order valence-electron chi connectivity index (χ0n) is 23.6. The molecule has 7 heteroatoms. The molecule has 8 rings (SSSR count). The highest BCUT2D eigenvalue weighted by Gasteiger charge is 2.56. The summed E-state index contributed by atoms with van der Waals surface area (Å²) in [6.45, 7) is 2.24. The first-order valence-electron chi connectivity index (χ1n) is 15.1. The van der Waals surface area contributed by atoms with Gasteiger partial charge in [-0.2, -0.15) is 0 Å². The lowest BCUT2D eigenvalue weighted by atomic mass is 9.53. The van der Waals surface area contributed by atoms with Crippen LogP contribution in [0.1, 0.15) is 50.3 Å². The second-order valence-electron chi connectivity index (χ2n) is 12.9. The maximum absolute atomic E-state index is 14.3. The number of para-hydroxylation sites is 2. The number of nitrogens with zero attached hydrogens (tertiary/aromatic N) is 2. The number of hydrogen-bond acceptors (Lipinski definition) is 3. The number of nitrogens with one attached hydrogen (secondary N) is 2. The summed E-state index contributed by atoms with van der Waals surface area (Å²) in [5, 5.41) is 16.1. The molecule has 41 heavy (non-hydrogen) atoms. The third-order valence-corrected chi connectivity index (χ3v) is 10.2. The van der Waals surface area contributed by atoms with Gasteiger partial charge in [0.05, 0.1) is 5.52 Å². The van der Waals surface area contributed by atoms with Crippen molar-refractivity contribution >= 4 is 33.8 Å². The minimum absolute atomic E-state index is 0.122. The molecular formula is C34H38N4O3. The first-order valence-corrected chi connectivity index (χ1v) is 15.1. The van der Waals surface area contributed by atoms with E-state index < -0.39 is 11.6 Å². The molecular weight excluding hydrogens is 512 g/mol. The number of H-pyrrole nitrogens is 1. The molecule has 0 radical (unpaired) electrons. The van der Waals surface area contributed by atoms with E-state index in [1.54, 1.807) is 4.90 Å². The van der Waals surface area contributed by atoms with E-state index in [4.69, 9.17) is 4.98 Å². The van der Waals surface area contributed by atoms with Crippen molar-refractivity contribution in [1.82, 2.24) is 20.2 Å². The minimum Gasteiger partial charge on any atom is -0.465 e. The highest BCUT2D eigenvalue weighted by atomic mass is 16.4. The Kier molecular flexibility index (Phi) is 6.48. The standard InChI is InChI=1S/C34H38N4O3/c1-34(19-26-20-36-30-9-5-3-7-28(26)30,32(39)35-13-12-27-11-10-23-6-2-4-8-29(23)37-27)38(33(40)41)31-24-15-21-14-22(17-24)18-25(31)16-21/h2-11,20-22,24-25,31,36H,12-19H2,1H3,(H,35,39)(H,40,41). The Hall–Kier alpha value is -3.87. The molecule has 2 aromatic heterocycles. The van der Waals surface area contributed by atoms with Gasteiger partial charge in [-0.25, -0.2) is 4.79 Å². The van der Waals surface area contributed by atoms with Gasteiger partial charge in [0.25, 0.3) is 0 Å². The molecule has 4 aliphatic carbocycles. The summed E-state index contributed by atoms with van der Waals surface area (Å²) < 4.78 is 0. The van der Waals surface area contributed by atoms with Gasteiger partial charge < -0.3 is 15.4 Å². The summed E-state index contributed by atoms with van der Waals surface area (Å²) in [6, 6.07) is 19.9. The number of aromatic nitrogens is 2. The SMILES string of the molecule is CC(Cc1c[nH]c2ccccc12)(C(=O)NCCc1ccc2ccccc2n1)N(C(=O)O)C1C2CC3CC(C2)CC1C3. The fraction of sp³-hybridized carbons (Fsp3) is 0.441. The minimum atomic E-state index is -1.26. The molecule has 1 atom stereocenters. The molecule has 4 aliphatic rings. The zero-order valence-corrected chi connectivity index (χ0v) is 23.6. The summed E-state index contributed by atoms with van der Waals surface area (Å²) in [5.41, 5.74) is 2.53. The van der Waals surface area contributed by atoms with E-state index in [0.29, 0.717) is 43.1 Å². The van der Waals surface area contributed by atoms with Crippen molar-refractivity contribution in [2.24, 2.45) is 23.7 Å². The van der Waals surface area contributed by atoms with Crippen LogP contribution in [0.2, 0.25) is 0 Å². The van der Waals surface area contributed by atoms with Crippen molar-refractivity contribution in [2.75, 3.05) is 6.54 Å². The second kappa shape index (κ2) is 10.2. The van der Waals surface area contributed by atoms with Gasteiger partial charge in [0, 0.05) is 53.6 Å². The normalized spacial score (nSPS) is 26.2. The summed E-state index contributed by atoms with van der Waals surface area (Å²) in [7, 11) is 0. The van der Waals surface area contributed by atoms with Gasteiger partial charge >= 0.3 is 6.09 Å². The number of carboxylic acid groups (broad SMARTS) is 1. The molecule has 7 nitrogen and oxygen atoms in total. The first-order chi connectivity index (χ1) is 19.9. The molecule has 0 saturated heterocycles. The van der Waals surface area contributed by atoms with E-state index in [-0.39, 0.29) is 11.9 Å². The van der Waals surface area contributed by atoms with Crippen molar-refractivity contribution in [3.63, 3.8) is 0 Å². The first kappa shape index (κ1) is 26.1. The van der Waals surface area contributed by atoms with Crippen LogP contribution in [0.15, 0.2) is 66.9 Å². The quantitative estimate of drug-likeness (QED) is 0.244. The Bertz CT molecular complexity index is 1580. The lowest BCUT2D eigenvalue weighted by molar-refractivity contribution is -0.140. The largest absolute Gasteiger partial charge is 0.465 e. The molecule has 2 aromatic carbocycles. The molecule has 4 fully saturated rings. The molecule has 212 valence electrons. The van der Waals surface area contributed by atoms with E-state index in [2.05, 4.69) is 16.4 Å². The highest BCUT2D eigenvalue weighted by molar-refractivity contribution is 5.91. The molecule has 4 bridgehead atoms. The molecule has 2 heterocycles. The molecule has 4 saturated carbocycles. The Morgan fingerprint density at radius 2 is 1.68 bits per heavy atom. The Morgan fingerprint density at radius 3 is 2.44 bits per heavy atom. The number of pyridine rings is 1. The zero-order chi connectivity index (χ0) is 28.1. The predicted molar refractivity (Wildman–Crippen MR) is 160 cm³/mol. The van der Waals surface area contributed by atoms with E-state index in [9.17, 15) is 14.7 Å². The number of amides is 2. The van der Waals surface area contributed by atoms with Crippen LogP contribution in [0, 0.1) is 23.7 Å². The van der Waals surface area contributed by atoms with Crippen molar-refractivity contribution in [1.29, 1.82) is 0 Å². The van der Waals surface area contributed by atoms with E-state index in [1.807, 2.05) is 67.7 Å². The number of aromatic amines is 1. The van der Waals surface area contributed by atoms with E-state index in [1.165, 1.54) is 6.42 Å². The third-order valence-electron chi connectivity index (χ3n) is 10.2. The summed E-state index contributed by atoms with van der Waals surface area (Å²) in [6.07, 6.45) is 7.46. The van der Waals surface area contributed by atoms with E-state index in [0.717, 1.165) is 58.7 Å². The van der Waals surface area contributed by atoms with Crippen LogP contribution in [0.5, 0.6) is 0 Å². The van der Waals surface area contributed by atoms with Gasteiger partial charge in [-0.1, -0.05) is 42.5 Å². The van der Waals surface area contributed by atoms with Crippen LogP contribution >= 0.6 is 0 Å². The van der Waals surface area contributed by atoms with Gasteiger partial charge in [-0.3, -0.25) is 14.7 Å². The summed E-state index contributed by atoms with van der Waals surface area (Å²) in [4.78, 5) is 37.1. The Balaban J connectivity index is 1.19. The van der Waals surface area contributed by atoms with Crippen molar-refractivity contribution < 1.29 is 14.7 Å². The number of fused-ring (bicyclic) bond motifs is 2. The van der Waals surface area contributed by atoms with Crippen molar-refractivity contribution in [2.45, 2.75) is 63.5 Å². The topological polar surface area (TPSA) is 98.3 Å². The fourth-order valence-corrected chi connectivity index (χ4v) is 8.65. The van der Waals surface area contributed by atoms with Gasteiger partial charge in [-0.15, -0.1) is 0 Å². The lowest BCUT2D eigenvalue weighted by Crippen LogP contribution is -2.68. The average Bonchev–Trinajstić information content (AvgIpc) is 3.36. The maximum Gasteiger partial charge on any atom is 0.408 e. The predicted octanol–water partition coefficient (Wildman–Crippen LogP) is 6.18. The molecule has 3 N–H and O–H groups in total. The molecule has 0 spiro atoms. The van der Waals surface area contributed by atoms with Crippen LogP contribution in [-0.2, 0) is 17.6 Å². The number of carbonyl (C=O) groups excluding carboxylic acids is 1. The van der Waals surface area contributed by atoms with E-state index >= 15 is 0 Å². The average molecular weight is 551 g/mol. The Morgan fingerprint density at radius 1 is 0.976 bits per heavy atom. The Labute approximate surface area is 240 Å². The molecule has 2 amide bonds. The second-order valence-corrected chi connectivity index (χ2v) is 12.9. The number of hydrogen-bond donors (Lipinski definition) is 3. The third kappa shape index (κ3) is 4.65. The number of benzene rings is 2. The molecule has 1 unspecified atom stereocenters. The number of carbonyl (C=O) groups is 2. The smallest absolute Gasteiger partial charge is 0.408 e. The van der Waals surface area contributed by atoms with Crippen LogP contribution in [0.3, 0.4) is 0 Å². The van der Waals surface area contributed by atoms with Crippen LogP contribution in [-0.4, -0.2) is 50.1 Å². The molecule has 0 aliphatic heterocycles. The lowest BCUT2D eigenvalue weighted by Gasteiger charge is -2.59. The van der Waals surface area contributed by atoms with Crippen molar-refractivity contribution in [3.8, 4) is 0 Å².